The number of nitrogens with one attached hydrogen (secondary N) is 1. The molecular weight excluding hydrogens is 330 g/mol. The molecule has 0 saturated heterocycles. The Hall–Kier alpha value is -2.14. The molecule has 5 heteroatoms. The predicted octanol–water partition coefficient (Wildman–Crippen LogP) is 4.42. The molecule has 2 aromatic carbocycles. The average molecular weight is 344 g/mol. The van der Waals surface area contributed by atoms with Gasteiger partial charge in [0.15, 0.2) is 0 Å². The third-order valence-electron chi connectivity index (χ3n) is 3.11. The lowest BCUT2D eigenvalue weighted by atomic mass is 10.2. The minimum atomic E-state index is 0.502. The van der Waals surface area contributed by atoms with Crippen molar-refractivity contribution in [2.24, 2.45) is 0 Å². The third-order valence-corrected chi connectivity index (χ3v) is 3.60. The van der Waals surface area contributed by atoms with Gasteiger partial charge in [0.1, 0.15) is 0 Å². The second-order valence-electron chi connectivity index (χ2n) is 4.68. The van der Waals surface area contributed by atoms with E-state index in [9.17, 15) is 0 Å². The van der Waals surface area contributed by atoms with Crippen LogP contribution in [0.3, 0.4) is 0 Å². The Morgan fingerprint density at radius 2 is 1.90 bits per heavy atom. The summed E-state index contributed by atoms with van der Waals surface area (Å²) >= 11 is 3.45. The van der Waals surface area contributed by atoms with Crippen molar-refractivity contribution in [1.29, 1.82) is 0 Å². The molecule has 0 bridgehead atoms. The summed E-state index contributed by atoms with van der Waals surface area (Å²) in [4.78, 5) is 0. The molecule has 1 heterocycles. The van der Waals surface area contributed by atoms with Gasteiger partial charge >= 0.3 is 0 Å². The highest BCUT2D eigenvalue weighted by Crippen LogP contribution is 2.21. The maximum Gasteiger partial charge on any atom is 0.247 e. The molecule has 1 N–H and O–H groups in total. The molecule has 0 atom stereocenters. The van der Waals surface area contributed by atoms with Gasteiger partial charge in [0.05, 0.1) is 6.54 Å². The van der Waals surface area contributed by atoms with Gasteiger partial charge in [0.25, 0.3) is 0 Å². The van der Waals surface area contributed by atoms with Crippen molar-refractivity contribution in [3.8, 4) is 11.5 Å². The largest absolute Gasteiger partial charge is 0.419 e. The molecule has 0 radical (unpaired) electrons. The summed E-state index contributed by atoms with van der Waals surface area (Å²) in [6.07, 6.45) is 0. The van der Waals surface area contributed by atoms with Crippen molar-refractivity contribution in [2.45, 2.75) is 13.5 Å². The van der Waals surface area contributed by atoms with E-state index >= 15 is 0 Å². The molecule has 0 unspecified atom stereocenters. The zero-order valence-electron chi connectivity index (χ0n) is 11.5. The minimum Gasteiger partial charge on any atom is -0.419 e. The Balaban J connectivity index is 1.70. The number of aromatic nitrogens is 2. The number of aryl methyl sites for hydroxylation is 1. The van der Waals surface area contributed by atoms with Gasteiger partial charge in [-0.15, -0.1) is 10.2 Å². The molecule has 0 fully saturated rings. The van der Waals surface area contributed by atoms with Crippen molar-refractivity contribution in [1.82, 2.24) is 10.2 Å². The van der Waals surface area contributed by atoms with E-state index in [0.717, 1.165) is 21.3 Å². The molecule has 0 amide bonds. The first-order valence-electron chi connectivity index (χ1n) is 6.60. The summed E-state index contributed by atoms with van der Waals surface area (Å²) in [5, 5.41) is 11.4. The summed E-state index contributed by atoms with van der Waals surface area (Å²) in [5.41, 5.74) is 3.14. The van der Waals surface area contributed by atoms with Crippen molar-refractivity contribution in [2.75, 3.05) is 5.32 Å². The SMILES string of the molecule is Cc1cc(Br)ccc1NCc1nnc(-c2ccccc2)o1. The van der Waals surface area contributed by atoms with Crippen molar-refractivity contribution in [3.63, 3.8) is 0 Å². The van der Waals surface area contributed by atoms with Crippen LogP contribution in [-0.2, 0) is 6.54 Å². The van der Waals surface area contributed by atoms with E-state index < -0.39 is 0 Å². The van der Waals surface area contributed by atoms with Crippen LogP contribution in [0.5, 0.6) is 0 Å². The first-order valence-corrected chi connectivity index (χ1v) is 7.39. The van der Waals surface area contributed by atoms with Gasteiger partial charge in [0.2, 0.25) is 11.8 Å². The second kappa shape index (κ2) is 6.10. The van der Waals surface area contributed by atoms with Gasteiger partial charge in [-0.2, -0.15) is 0 Å². The summed E-state index contributed by atoms with van der Waals surface area (Å²) in [6, 6.07) is 15.8. The molecule has 3 aromatic rings. The summed E-state index contributed by atoms with van der Waals surface area (Å²) < 4.78 is 6.73. The maximum absolute atomic E-state index is 5.66. The minimum absolute atomic E-state index is 0.502. The zero-order valence-corrected chi connectivity index (χ0v) is 13.1. The highest BCUT2D eigenvalue weighted by atomic mass is 79.9. The molecule has 0 aliphatic heterocycles. The first kappa shape index (κ1) is 13.8. The van der Waals surface area contributed by atoms with Crippen LogP contribution in [0.25, 0.3) is 11.5 Å². The standard InChI is InChI=1S/C16H14BrN3O/c1-11-9-13(17)7-8-14(11)18-10-15-19-20-16(21-15)12-5-3-2-4-6-12/h2-9,18H,10H2,1H3. The fraction of sp³-hybridized carbons (Fsp3) is 0.125. The average Bonchev–Trinajstić information content (AvgIpc) is 2.96. The molecule has 3 rings (SSSR count). The number of nitrogens with zero attached hydrogens (tertiary/aromatic N) is 2. The Labute approximate surface area is 131 Å². The third kappa shape index (κ3) is 3.31. The molecule has 0 aliphatic carbocycles. The van der Waals surface area contributed by atoms with Crippen LogP contribution in [0.4, 0.5) is 5.69 Å². The Morgan fingerprint density at radius 1 is 1.10 bits per heavy atom. The number of hydrogen-bond donors (Lipinski definition) is 1. The van der Waals surface area contributed by atoms with Crippen LogP contribution in [0.2, 0.25) is 0 Å². The highest BCUT2D eigenvalue weighted by molar-refractivity contribution is 9.10. The summed E-state index contributed by atoms with van der Waals surface area (Å²) in [6.45, 7) is 2.55. The molecular formula is C16H14BrN3O. The number of halogens is 1. The molecule has 4 nitrogen and oxygen atoms in total. The Bertz CT molecular complexity index is 740. The van der Waals surface area contributed by atoms with Crippen molar-refractivity contribution in [3.05, 3.63) is 64.5 Å². The van der Waals surface area contributed by atoms with Crippen molar-refractivity contribution < 1.29 is 4.42 Å². The lowest BCUT2D eigenvalue weighted by Crippen LogP contribution is -2.01. The van der Waals surface area contributed by atoms with Crippen LogP contribution >= 0.6 is 15.9 Å². The molecule has 0 aliphatic rings. The van der Waals surface area contributed by atoms with Gasteiger partial charge in [-0.25, -0.2) is 0 Å². The fourth-order valence-corrected chi connectivity index (χ4v) is 2.49. The van der Waals surface area contributed by atoms with E-state index in [1.165, 1.54) is 0 Å². The molecule has 0 spiro atoms. The Kier molecular flexibility index (Phi) is 4.01. The summed E-state index contributed by atoms with van der Waals surface area (Å²) in [7, 11) is 0. The maximum atomic E-state index is 5.66. The monoisotopic (exact) mass is 343 g/mol. The zero-order chi connectivity index (χ0) is 14.7. The second-order valence-corrected chi connectivity index (χ2v) is 5.60. The Morgan fingerprint density at radius 3 is 2.67 bits per heavy atom. The lowest BCUT2D eigenvalue weighted by Gasteiger charge is -2.07. The first-order chi connectivity index (χ1) is 10.2. The van der Waals surface area contributed by atoms with Gasteiger partial charge in [-0.1, -0.05) is 34.1 Å². The van der Waals surface area contributed by atoms with Crippen LogP contribution in [0, 0.1) is 6.92 Å². The van der Waals surface area contributed by atoms with Crippen LogP contribution in [0.15, 0.2) is 57.4 Å². The lowest BCUT2D eigenvalue weighted by molar-refractivity contribution is 0.515. The molecule has 21 heavy (non-hydrogen) atoms. The van der Waals surface area contributed by atoms with E-state index in [-0.39, 0.29) is 0 Å². The number of rotatable bonds is 4. The van der Waals surface area contributed by atoms with Gasteiger partial charge in [-0.3, -0.25) is 0 Å². The van der Waals surface area contributed by atoms with E-state index in [0.29, 0.717) is 18.3 Å². The van der Waals surface area contributed by atoms with Crippen molar-refractivity contribution >= 4 is 21.6 Å². The topological polar surface area (TPSA) is 51.0 Å². The number of hydrogen-bond acceptors (Lipinski definition) is 4. The van der Waals surface area contributed by atoms with E-state index in [1.54, 1.807) is 0 Å². The molecule has 1 aromatic heterocycles. The van der Waals surface area contributed by atoms with Crippen LogP contribution < -0.4 is 5.32 Å². The fourth-order valence-electron chi connectivity index (χ4n) is 2.02. The molecule has 0 saturated carbocycles. The quantitative estimate of drug-likeness (QED) is 0.761. The smallest absolute Gasteiger partial charge is 0.247 e. The number of anilines is 1. The normalized spacial score (nSPS) is 10.6. The number of benzene rings is 2. The van der Waals surface area contributed by atoms with E-state index in [2.05, 4.69) is 44.4 Å². The highest BCUT2D eigenvalue weighted by Gasteiger charge is 2.08. The summed E-state index contributed by atoms with van der Waals surface area (Å²) in [5.74, 6) is 1.11. The van der Waals surface area contributed by atoms with E-state index in [1.807, 2.05) is 42.5 Å². The predicted molar refractivity (Wildman–Crippen MR) is 85.9 cm³/mol. The van der Waals surface area contributed by atoms with Gasteiger partial charge in [0, 0.05) is 15.7 Å². The van der Waals surface area contributed by atoms with Crippen LogP contribution in [0.1, 0.15) is 11.5 Å². The van der Waals surface area contributed by atoms with Crippen LogP contribution in [-0.4, -0.2) is 10.2 Å². The van der Waals surface area contributed by atoms with E-state index in [4.69, 9.17) is 4.42 Å². The van der Waals surface area contributed by atoms with Gasteiger partial charge < -0.3 is 9.73 Å². The molecule has 106 valence electrons. The van der Waals surface area contributed by atoms with Gasteiger partial charge in [-0.05, 0) is 42.8 Å².